The van der Waals surface area contributed by atoms with Gasteiger partial charge in [-0.25, -0.2) is 4.68 Å². The molecule has 0 bridgehead atoms. The molecule has 0 fully saturated rings. The lowest BCUT2D eigenvalue weighted by Crippen LogP contribution is -2.23. The zero-order valence-corrected chi connectivity index (χ0v) is 15.6. The molecule has 0 aliphatic heterocycles. The van der Waals surface area contributed by atoms with E-state index in [1.54, 1.807) is 12.4 Å². The van der Waals surface area contributed by atoms with Gasteiger partial charge in [-0.05, 0) is 54.4 Å². The zero-order chi connectivity index (χ0) is 19.3. The van der Waals surface area contributed by atoms with Crippen molar-refractivity contribution in [1.82, 2.24) is 24.9 Å². The van der Waals surface area contributed by atoms with Crippen molar-refractivity contribution in [3.63, 3.8) is 0 Å². The van der Waals surface area contributed by atoms with E-state index in [0.29, 0.717) is 18.7 Å². The maximum Gasteiger partial charge on any atom is 0.251 e. The van der Waals surface area contributed by atoms with Crippen molar-refractivity contribution < 1.29 is 4.79 Å². The molecule has 0 atom stereocenters. The molecule has 0 spiro atoms. The van der Waals surface area contributed by atoms with Crippen LogP contribution in [0.2, 0.25) is 0 Å². The number of nitrogens with zero attached hydrogens (tertiary/aromatic N) is 4. The highest BCUT2D eigenvalue weighted by Crippen LogP contribution is 2.13. The quantitative estimate of drug-likeness (QED) is 0.565. The topological polar surface area (TPSA) is 64.7 Å². The molecule has 0 saturated carbocycles. The molecule has 4 aromatic rings. The fraction of sp³-hybridized carbons (Fsp3) is 0.136. The van der Waals surface area contributed by atoms with Crippen LogP contribution in [0.25, 0.3) is 5.69 Å². The molecule has 0 aliphatic carbocycles. The Labute approximate surface area is 163 Å². The summed E-state index contributed by atoms with van der Waals surface area (Å²) in [7, 11) is 0. The predicted molar refractivity (Wildman–Crippen MR) is 107 cm³/mol. The molecular formula is C22H21N5O. The first-order chi connectivity index (χ1) is 13.7. The third-order valence-corrected chi connectivity index (χ3v) is 4.66. The first-order valence-corrected chi connectivity index (χ1v) is 9.14. The van der Waals surface area contributed by atoms with E-state index < -0.39 is 0 Å². The maximum atomic E-state index is 12.6. The van der Waals surface area contributed by atoms with Crippen molar-refractivity contribution in [1.29, 1.82) is 0 Å². The van der Waals surface area contributed by atoms with E-state index in [9.17, 15) is 4.79 Å². The Morgan fingerprint density at radius 1 is 0.929 bits per heavy atom. The van der Waals surface area contributed by atoms with Crippen LogP contribution in [0.4, 0.5) is 0 Å². The molecule has 4 rings (SSSR count). The summed E-state index contributed by atoms with van der Waals surface area (Å²) in [6.45, 7) is 3.14. The molecule has 0 unspecified atom stereocenters. The Bertz CT molecular complexity index is 1060. The molecule has 1 N–H and O–H groups in total. The highest BCUT2D eigenvalue weighted by molar-refractivity contribution is 5.94. The molecule has 1 amide bonds. The van der Waals surface area contributed by atoms with E-state index in [-0.39, 0.29) is 5.91 Å². The standard InChI is InChI=1S/C22H21N5O/c1-17-11-13-25-27(17)21-9-7-18(8-10-21)22(28)23-15-19-5-2-3-6-20(19)16-26-14-4-12-24-26/h2-14H,15-16H2,1H3,(H,23,28). The van der Waals surface area contributed by atoms with E-state index in [4.69, 9.17) is 0 Å². The number of carbonyl (C=O) groups is 1. The third-order valence-electron chi connectivity index (χ3n) is 4.66. The Kier molecular flexibility index (Phi) is 5.01. The van der Waals surface area contributed by atoms with Gasteiger partial charge in [-0.3, -0.25) is 9.48 Å². The summed E-state index contributed by atoms with van der Waals surface area (Å²) in [6, 6.07) is 19.4. The molecule has 0 radical (unpaired) electrons. The maximum absolute atomic E-state index is 12.6. The molecule has 2 heterocycles. The average Bonchev–Trinajstić information content (AvgIpc) is 3.39. The SMILES string of the molecule is Cc1ccnn1-c1ccc(C(=O)NCc2ccccc2Cn2cccn2)cc1. The number of hydrogen-bond acceptors (Lipinski definition) is 3. The molecule has 0 saturated heterocycles. The monoisotopic (exact) mass is 371 g/mol. The van der Waals surface area contributed by atoms with Gasteiger partial charge in [0.15, 0.2) is 0 Å². The fourth-order valence-corrected chi connectivity index (χ4v) is 3.12. The lowest BCUT2D eigenvalue weighted by Gasteiger charge is -2.11. The van der Waals surface area contributed by atoms with E-state index in [1.165, 1.54) is 0 Å². The van der Waals surface area contributed by atoms with Crippen molar-refractivity contribution >= 4 is 5.91 Å². The largest absolute Gasteiger partial charge is 0.348 e. The van der Waals surface area contributed by atoms with Gasteiger partial charge >= 0.3 is 0 Å². The molecule has 28 heavy (non-hydrogen) atoms. The summed E-state index contributed by atoms with van der Waals surface area (Å²) in [6.07, 6.45) is 5.45. The van der Waals surface area contributed by atoms with Crippen LogP contribution in [-0.4, -0.2) is 25.5 Å². The smallest absolute Gasteiger partial charge is 0.251 e. The van der Waals surface area contributed by atoms with Gasteiger partial charge in [0.1, 0.15) is 0 Å². The molecule has 6 nitrogen and oxygen atoms in total. The Morgan fingerprint density at radius 2 is 1.71 bits per heavy atom. The predicted octanol–water partition coefficient (Wildman–Crippen LogP) is 3.36. The van der Waals surface area contributed by atoms with E-state index >= 15 is 0 Å². The second kappa shape index (κ2) is 7.92. The van der Waals surface area contributed by atoms with Crippen LogP contribution in [-0.2, 0) is 13.1 Å². The number of aromatic nitrogens is 4. The number of aryl methyl sites for hydroxylation is 1. The van der Waals surface area contributed by atoms with Crippen LogP contribution in [0.5, 0.6) is 0 Å². The van der Waals surface area contributed by atoms with Crippen LogP contribution in [0.1, 0.15) is 27.2 Å². The number of hydrogen-bond donors (Lipinski definition) is 1. The second-order valence-electron chi connectivity index (χ2n) is 6.59. The van der Waals surface area contributed by atoms with E-state index in [2.05, 4.69) is 21.6 Å². The Morgan fingerprint density at radius 3 is 2.39 bits per heavy atom. The highest BCUT2D eigenvalue weighted by atomic mass is 16.1. The van der Waals surface area contributed by atoms with Gasteiger partial charge in [-0.2, -0.15) is 10.2 Å². The summed E-state index contributed by atoms with van der Waals surface area (Å²) in [5.41, 5.74) is 4.82. The molecule has 6 heteroatoms. The van der Waals surface area contributed by atoms with Crippen LogP contribution < -0.4 is 5.32 Å². The van der Waals surface area contributed by atoms with Gasteiger partial charge in [0.25, 0.3) is 5.91 Å². The van der Waals surface area contributed by atoms with Crippen LogP contribution in [0.15, 0.2) is 79.3 Å². The van der Waals surface area contributed by atoms with Gasteiger partial charge in [-0.15, -0.1) is 0 Å². The molecule has 2 aromatic heterocycles. The first kappa shape index (κ1) is 17.7. The summed E-state index contributed by atoms with van der Waals surface area (Å²) in [4.78, 5) is 12.6. The third kappa shape index (κ3) is 3.86. The van der Waals surface area contributed by atoms with Crippen molar-refractivity contribution in [2.45, 2.75) is 20.0 Å². The lowest BCUT2D eigenvalue weighted by atomic mass is 10.1. The number of rotatable bonds is 6. The van der Waals surface area contributed by atoms with Crippen LogP contribution in [0, 0.1) is 6.92 Å². The van der Waals surface area contributed by atoms with Gasteiger partial charge in [0.05, 0.1) is 12.2 Å². The minimum absolute atomic E-state index is 0.0994. The van der Waals surface area contributed by atoms with E-state index in [0.717, 1.165) is 22.5 Å². The number of amides is 1. The first-order valence-electron chi connectivity index (χ1n) is 9.14. The van der Waals surface area contributed by atoms with Gasteiger partial charge in [0, 0.05) is 36.4 Å². The fourth-order valence-electron chi connectivity index (χ4n) is 3.12. The Hall–Kier alpha value is -3.67. The molecule has 140 valence electrons. The molecule has 2 aromatic carbocycles. The summed E-state index contributed by atoms with van der Waals surface area (Å²) >= 11 is 0. The Balaban J connectivity index is 1.43. The summed E-state index contributed by atoms with van der Waals surface area (Å²) < 4.78 is 3.71. The second-order valence-corrected chi connectivity index (χ2v) is 6.59. The molecular weight excluding hydrogens is 350 g/mol. The number of nitrogens with one attached hydrogen (secondary N) is 1. The normalized spacial score (nSPS) is 10.8. The average molecular weight is 371 g/mol. The number of carbonyl (C=O) groups excluding carboxylic acids is 1. The minimum Gasteiger partial charge on any atom is -0.348 e. The van der Waals surface area contributed by atoms with Crippen LogP contribution >= 0.6 is 0 Å². The van der Waals surface area contributed by atoms with Gasteiger partial charge in [0.2, 0.25) is 0 Å². The summed E-state index contributed by atoms with van der Waals surface area (Å²) in [5, 5.41) is 11.5. The zero-order valence-electron chi connectivity index (χ0n) is 15.6. The highest BCUT2D eigenvalue weighted by Gasteiger charge is 2.09. The van der Waals surface area contributed by atoms with Gasteiger partial charge in [-0.1, -0.05) is 24.3 Å². The lowest BCUT2D eigenvalue weighted by molar-refractivity contribution is 0.0951. The van der Waals surface area contributed by atoms with E-state index in [1.807, 2.05) is 77.1 Å². The van der Waals surface area contributed by atoms with Gasteiger partial charge < -0.3 is 5.32 Å². The summed E-state index contributed by atoms with van der Waals surface area (Å²) in [5.74, 6) is -0.0994. The van der Waals surface area contributed by atoms with Crippen molar-refractivity contribution in [3.8, 4) is 5.69 Å². The van der Waals surface area contributed by atoms with Crippen LogP contribution in [0.3, 0.4) is 0 Å². The van der Waals surface area contributed by atoms with Crippen molar-refractivity contribution in [2.75, 3.05) is 0 Å². The van der Waals surface area contributed by atoms with Crippen molar-refractivity contribution in [3.05, 3.63) is 102 Å². The minimum atomic E-state index is -0.0994. The van der Waals surface area contributed by atoms with Crippen molar-refractivity contribution in [2.24, 2.45) is 0 Å². The molecule has 0 aliphatic rings. The number of benzene rings is 2.